The van der Waals surface area contributed by atoms with Gasteiger partial charge in [-0.1, -0.05) is 6.07 Å². The standard InChI is InChI=1S/C14H20N2O3.ClH/c1-10(7-16-14(17)11-8-15-9-11)19-13-5-3-4-12(6-13)18-2;/h3-6,10-11,15H,7-9H2,1-2H3,(H,16,17);1H. The highest BCUT2D eigenvalue weighted by atomic mass is 35.5. The molecule has 0 aromatic heterocycles. The average molecular weight is 301 g/mol. The predicted octanol–water partition coefficient (Wildman–Crippen LogP) is 1.22. The Morgan fingerprint density at radius 1 is 1.45 bits per heavy atom. The molecule has 1 atom stereocenters. The summed E-state index contributed by atoms with van der Waals surface area (Å²) in [6.07, 6.45) is -0.0795. The third-order valence-electron chi connectivity index (χ3n) is 3.09. The van der Waals surface area contributed by atoms with Gasteiger partial charge in [-0.05, 0) is 19.1 Å². The number of benzene rings is 1. The van der Waals surface area contributed by atoms with Crippen molar-refractivity contribution in [2.24, 2.45) is 5.92 Å². The Bertz CT molecular complexity index is 438. The maximum Gasteiger partial charge on any atom is 0.225 e. The van der Waals surface area contributed by atoms with Crippen molar-refractivity contribution in [3.8, 4) is 11.5 Å². The number of nitrogens with one attached hydrogen (secondary N) is 2. The number of carbonyl (C=O) groups excluding carboxylic acids is 1. The molecule has 0 aliphatic carbocycles. The van der Waals surface area contributed by atoms with E-state index in [4.69, 9.17) is 9.47 Å². The molecule has 6 heteroatoms. The summed E-state index contributed by atoms with van der Waals surface area (Å²) in [7, 11) is 1.62. The number of methoxy groups -OCH3 is 1. The van der Waals surface area contributed by atoms with E-state index in [1.807, 2.05) is 31.2 Å². The monoisotopic (exact) mass is 300 g/mol. The number of hydrogen-bond donors (Lipinski definition) is 2. The second kappa shape index (κ2) is 7.97. The van der Waals surface area contributed by atoms with Gasteiger partial charge in [0, 0.05) is 19.2 Å². The molecule has 1 saturated heterocycles. The molecule has 1 heterocycles. The average Bonchev–Trinajstić information content (AvgIpc) is 2.34. The third kappa shape index (κ3) is 4.58. The van der Waals surface area contributed by atoms with Gasteiger partial charge in [0.05, 0.1) is 19.6 Å². The summed E-state index contributed by atoms with van der Waals surface area (Å²) in [6.45, 7) is 3.99. The van der Waals surface area contributed by atoms with Gasteiger partial charge in [-0.25, -0.2) is 0 Å². The lowest BCUT2D eigenvalue weighted by Gasteiger charge is -2.26. The minimum absolute atomic E-state index is 0. The molecule has 0 spiro atoms. The first-order valence-corrected chi connectivity index (χ1v) is 6.48. The van der Waals surface area contributed by atoms with Crippen molar-refractivity contribution >= 4 is 18.3 Å². The SMILES string of the molecule is COc1cccc(OC(C)CNC(=O)C2CNC2)c1.Cl. The van der Waals surface area contributed by atoms with E-state index < -0.39 is 0 Å². The van der Waals surface area contributed by atoms with Crippen LogP contribution in [0.3, 0.4) is 0 Å². The van der Waals surface area contributed by atoms with Crippen LogP contribution in [0.5, 0.6) is 11.5 Å². The summed E-state index contributed by atoms with van der Waals surface area (Å²) in [6, 6.07) is 7.44. The molecule has 5 nitrogen and oxygen atoms in total. The van der Waals surface area contributed by atoms with Crippen LogP contribution in [0.4, 0.5) is 0 Å². The number of amides is 1. The Morgan fingerprint density at radius 2 is 2.15 bits per heavy atom. The Labute approximate surface area is 125 Å². The van der Waals surface area contributed by atoms with Gasteiger partial charge in [-0.2, -0.15) is 0 Å². The Morgan fingerprint density at radius 3 is 2.75 bits per heavy atom. The van der Waals surface area contributed by atoms with Gasteiger partial charge in [0.25, 0.3) is 0 Å². The third-order valence-corrected chi connectivity index (χ3v) is 3.09. The number of carbonyl (C=O) groups is 1. The maximum absolute atomic E-state index is 11.7. The quantitative estimate of drug-likeness (QED) is 0.829. The van der Waals surface area contributed by atoms with Crippen LogP contribution in [0.1, 0.15) is 6.92 Å². The predicted molar refractivity (Wildman–Crippen MR) is 79.7 cm³/mol. The highest BCUT2D eigenvalue weighted by Crippen LogP contribution is 2.19. The molecule has 0 bridgehead atoms. The molecule has 2 rings (SSSR count). The molecule has 1 fully saturated rings. The van der Waals surface area contributed by atoms with Gasteiger partial charge in [-0.3, -0.25) is 4.79 Å². The number of halogens is 1. The first kappa shape index (κ1) is 16.6. The van der Waals surface area contributed by atoms with Crippen LogP contribution in [-0.4, -0.2) is 38.8 Å². The van der Waals surface area contributed by atoms with Crippen molar-refractivity contribution < 1.29 is 14.3 Å². The highest BCUT2D eigenvalue weighted by molar-refractivity contribution is 5.85. The van der Waals surface area contributed by atoms with E-state index in [-0.39, 0.29) is 30.3 Å². The fourth-order valence-corrected chi connectivity index (χ4v) is 1.81. The summed E-state index contributed by atoms with van der Waals surface area (Å²) in [4.78, 5) is 11.7. The molecule has 1 aliphatic heterocycles. The van der Waals surface area contributed by atoms with Crippen LogP contribution in [0.2, 0.25) is 0 Å². The summed E-state index contributed by atoms with van der Waals surface area (Å²) < 4.78 is 10.9. The van der Waals surface area contributed by atoms with E-state index in [1.165, 1.54) is 0 Å². The molecular formula is C14H21ClN2O3. The smallest absolute Gasteiger partial charge is 0.225 e. The van der Waals surface area contributed by atoms with Crippen LogP contribution >= 0.6 is 12.4 Å². The molecule has 1 aliphatic rings. The Balaban J connectivity index is 0.00000200. The summed E-state index contributed by atoms with van der Waals surface area (Å²) in [5.74, 6) is 1.71. The lowest BCUT2D eigenvalue weighted by atomic mass is 10.0. The first-order chi connectivity index (χ1) is 9.19. The molecule has 1 unspecified atom stereocenters. The zero-order valence-corrected chi connectivity index (χ0v) is 12.5. The molecule has 1 aromatic rings. The molecular weight excluding hydrogens is 280 g/mol. The number of hydrogen-bond acceptors (Lipinski definition) is 4. The van der Waals surface area contributed by atoms with Crippen LogP contribution in [-0.2, 0) is 4.79 Å². The molecule has 1 amide bonds. The summed E-state index contributed by atoms with van der Waals surface area (Å²) in [5, 5.41) is 5.97. The van der Waals surface area contributed by atoms with E-state index in [0.29, 0.717) is 6.54 Å². The first-order valence-electron chi connectivity index (χ1n) is 6.48. The zero-order chi connectivity index (χ0) is 13.7. The zero-order valence-electron chi connectivity index (χ0n) is 11.7. The fraction of sp³-hybridized carbons (Fsp3) is 0.500. The second-order valence-electron chi connectivity index (χ2n) is 4.71. The molecule has 2 N–H and O–H groups in total. The van der Waals surface area contributed by atoms with Gasteiger partial charge in [0.2, 0.25) is 5.91 Å². The normalized spacial score (nSPS) is 15.5. The lowest BCUT2D eigenvalue weighted by Crippen LogP contribution is -2.51. The summed E-state index contributed by atoms with van der Waals surface area (Å²) >= 11 is 0. The van der Waals surface area contributed by atoms with Crippen molar-refractivity contribution in [2.45, 2.75) is 13.0 Å². The van der Waals surface area contributed by atoms with Gasteiger partial charge >= 0.3 is 0 Å². The van der Waals surface area contributed by atoms with Crippen molar-refractivity contribution in [1.29, 1.82) is 0 Å². The van der Waals surface area contributed by atoms with E-state index in [0.717, 1.165) is 24.6 Å². The van der Waals surface area contributed by atoms with Crippen molar-refractivity contribution in [3.05, 3.63) is 24.3 Å². The minimum Gasteiger partial charge on any atom is -0.497 e. The molecule has 20 heavy (non-hydrogen) atoms. The molecule has 112 valence electrons. The molecule has 0 saturated carbocycles. The molecule has 0 radical (unpaired) electrons. The maximum atomic E-state index is 11.7. The van der Waals surface area contributed by atoms with Gasteiger partial charge in [0.15, 0.2) is 0 Å². The topological polar surface area (TPSA) is 59.6 Å². The minimum atomic E-state index is -0.0795. The van der Waals surface area contributed by atoms with Crippen molar-refractivity contribution in [2.75, 3.05) is 26.7 Å². The summed E-state index contributed by atoms with van der Waals surface area (Å²) in [5.41, 5.74) is 0. The molecule has 1 aromatic carbocycles. The second-order valence-corrected chi connectivity index (χ2v) is 4.71. The van der Waals surface area contributed by atoms with Crippen molar-refractivity contribution in [3.63, 3.8) is 0 Å². The van der Waals surface area contributed by atoms with Crippen LogP contribution in [0.15, 0.2) is 24.3 Å². The van der Waals surface area contributed by atoms with Crippen molar-refractivity contribution in [1.82, 2.24) is 10.6 Å². The highest BCUT2D eigenvalue weighted by Gasteiger charge is 2.24. The van der Waals surface area contributed by atoms with Gasteiger partial charge < -0.3 is 20.1 Å². The number of rotatable bonds is 6. The largest absolute Gasteiger partial charge is 0.497 e. The van der Waals surface area contributed by atoms with Gasteiger partial charge in [-0.15, -0.1) is 12.4 Å². The van der Waals surface area contributed by atoms with E-state index in [2.05, 4.69) is 10.6 Å². The lowest BCUT2D eigenvalue weighted by molar-refractivity contribution is -0.126. The Hall–Kier alpha value is -1.46. The Kier molecular flexibility index (Phi) is 6.61. The van der Waals surface area contributed by atoms with E-state index in [1.54, 1.807) is 7.11 Å². The number of ether oxygens (including phenoxy) is 2. The van der Waals surface area contributed by atoms with E-state index >= 15 is 0 Å². The van der Waals surface area contributed by atoms with Crippen LogP contribution < -0.4 is 20.1 Å². The fourth-order valence-electron chi connectivity index (χ4n) is 1.81. The van der Waals surface area contributed by atoms with E-state index in [9.17, 15) is 4.79 Å². The van der Waals surface area contributed by atoms with Crippen LogP contribution in [0, 0.1) is 5.92 Å². The van der Waals surface area contributed by atoms with Crippen LogP contribution in [0.25, 0.3) is 0 Å². The van der Waals surface area contributed by atoms with Gasteiger partial charge in [0.1, 0.15) is 17.6 Å².